The van der Waals surface area contributed by atoms with Crippen LogP contribution in [0.2, 0.25) is 5.02 Å². The Morgan fingerprint density at radius 2 is 1.61 bits per heavy atom. The van der Waals surface area contributed by atoms with Crippen LogP contribution in [0.4, 0.5) is 11.4 Å². The molecule has 0 aliphatic rings. The van der Waals surface area contributed by atoms with Gasteiger partial charge in [-0.15, -0.1) is 0 Å². The van der Waals surface area contributed by atoms with Crippen molar-refractivity contribution in [2.45, 2.75) is 0 Å². The number of ether oxygens (including phenoxy) is 1. The third-order valence-electron chi connectivity index (χ3n) is 3.07. The van der Waals surface area contributed by atoms with Crippen molar-refractivity contribution in [3.8, 4) is 11.1 Å². The molecule has 0 saturated carbocycles. The zero-order chi connectivity index (χ0) is 17.1. The van der Waals surface area contributed by atoms with Gasteiger partial charge in [0, 0.05) is 12.1 Å². The van der Waals surface area contributed by atoms with Crippen molar-refractivity contribution >= 4 is 28.9 Å². The summed E-state index contributed by atoms with van der Waals surface area (Å²) in [7, 11) is 1.19. The van der Waals surface area contributed by atoms with E-state index in [1.54, 1.807) is 12.1 Å². The number of esters is 1. The van der Waals surface area contributed by atoms with E-state index in [9.17, 15) is 25.0 Å². The van der Waals surface area contributed by atoms with E-state index in [1.807, 2.05) is 0 Å². The molecule has 0 aliphatic carbocycles. The topological polar surface area (TPSA) is 113 Å². The molecule has 0 fully saturated rings. The number of benzene rings is 2. The van der Waals surface area contributed by atoms with Crippen molar-refractivity contribution in [2.75, 3.05) is 7.11 Å². The van der Waals surface area contributed by atoms with E-state index >= 15 is 0 Å². The van der Waals surface area contributed by atoms with Gasteiger partial charge in [-0.3, -0.25) is 20.2 Å². The molecule has 0 saturated heterocycles. The van der Waals surface area contributed by atoms with Crippen molar-refractivity contribution in [3.05, 3.63) is 67.2 Å². The summed E-state index contributed by atoms with van der Waals surface area (Å²) in [4.78, 5) is 32.3. The molecule has 0 atom stereocenters. The molecule has 8 nitrogen and oxygen atoms in total. The molecule has 0 amide bonds. The highest BCUT2D eigenvalue weighted by molar-refractivity contribution is 6.35. The fourth-order valence-corrected chi connectivity index (χ4v) is 2.29. The molecule has 23 heavy (non-hydrogen) atoms. The van der Waals surface area contributed by atoms with Gasteiger partial charge in [0.05, 0.1) is 22.5 Å². The number of hydrogen-bond acceptors (Lipinski definition) is 6. The largest absolute Gasteiger partial charge is 0.465 e. The Balaban J connectivity index is 2.77. The van der Waals surface area contributed by atoms with E-state index in [0.717, 1.165) is 12.1 Å². The van der Waals surface area contributed by atoms with Crippen LogP contribution in [0.3, 0.4) is 0 Å². The quantitative estimate of drug-likeness (QED) is 0.478. The van der Waals surface area contributed by atoms with Crippen LogP contribution in [0.25, 0.3) is 11.1 Å². The predicted molar refractivity (Wildman–Crippen MR) is 81.5 cm³/mol. The first-order chi connectivity index (χ1) is 10.9. The number of carbonyl (C=O) groups is 1. The van der Waals surface area contributed by atoms with Gasteiger partial charge in [0.15, 0.2) is 5.02 Å². The first-order valence-electron chi connectivity index (χ1n) is 6.17. The molecule has 0 radical (unpaired) electrons. The fraction of sp³-hybridized carbons (Fsp3) is 0.0714. The molecular weight excluding hydrogens is 328 g/mol. The van der Waals surface area contributed by atoms with Gasteiger partial charge < -0.3 is 4.74 Å². The van der Waals surface area contributed by atoms with Gasteiger partial charge in [-0.2, -0.15) is 0 Å². The Morgan fingerprint density at radius 3 is 2.09 bits per heavy atom. The zero-order valence-electron chi connectivity index (χ0n) is 11.7. The minimum atomic E-state index is -0.820. The van der Waals surface area contributed by atoms with Gasteiger partial charge in [-0.25, -0.2) is 4.79 Å². The van der Waals surface area contributed by atoms with E-state index in [-0.39, 0.29) is 16.7 Å². The monoisotopic (exact) mass is 336 g/mol. The highest BCUT2D eigenvalue weighted by Crippen LogP contribution is 2.39. The van der Waals surface area contributed by atoms with Crippen LogP contribution in [0.1, 0.15) is 10.4 Å². The van der Waals surface area contributed by atoms with E-state index in [4.69, 9.17) is 11.6 Å². The number of carbonyl (C=O) groups excluding carboxylic acids is 1. The zero-order valence-corrected chi connectivity index (χ0v) is 12.4. The van der Waals surface area contributed by atoms with Gasteiger partial charge in [-0.1, -0.05) is 29.8 Å². The summed E-state index contributed by atoms with van der Waals surface area (Å²) in [5.41, 5.74) is -0.719. The SMILES string of the molecule is COC(=O)c1ccccc1-c1cc([N+](=O)[O-])c(Cl)c([N+](=O)[O-])c1. The third kappa shape index (κ3) is 3.11. The Labute approximate surface area is 134 Å². The number of halogens is 1. The summed E-state index contributed by atoms with van der Waals surface area (Å²) >= 11 is 5.71. The molecular formula is C14H9ClN2O6. The maximum absolute atomic E-state index is 11.8. The molecule has 0 heterocycles. The molecule has 0 unspecified atom stereocenters. The van der Waals surface area contributed by atoms with Crippen LogP contribution >= 0.6 is 11.6 Å². The van der Waals surface area contributed by atoms with E-state index < -0.39 is 32.2 Å². The van der Waals surface area contributed by atoms with Crippen molar-refractivity contribution in [3.63, 3.8) is 0 Å². The van der Waals surface area contributed by atoms with Gasteiger partial charge >= 0.3 is 5.97 Å². The highest BCUT2D eigenvalue weighted by atomic mass is 35.5. The van der Waals surface area contributed by atoms with E-state index in [0.29, 0.717) is 0 Å². The smallest absolute Gasteiger partial charge is 0.338 e. The normalized spacial score (nSPS) is 10.2. The van der Waals surface area contributed by atoms with Crippen LogP contribution in [0.5, 0.6) is 0 Å². The summed E-state index contributed by atoms with van der Waals surface area (Å²) in [6.45, 7) is 0. The maximum atomic E-state index is 11.8. The van der Waals surface area contributed by atoms with E-state index in [1.165, 1.54) is 19.2 Å². The molecule has 118 valence electrons. The van der Waals surface area contributed by atoms with Gasteiger partial charge in [0.25, 0.3) is 11.4 Å². The Morgan fingerprint density at radius 1 is 1.09 bits per heavy atom. The number of nitrogens with zero attached hydrogens (tertiary/aromatic N) is 2. The number of nitro groups is 2. The summed E-state index contributed by atoms with van der Waals surface area (Å²) in [6.07, 6.45) is 0. The minimum absolute atomic E-state index is 0.119. The molecule has 0 bridgehead atoms. The molecule has 0 aliphatic heterocycles. The highest BCUT2D eigenvalue weighted by Gasteiger charge is 2.26. The molecule has 2 rings (SSSR count). The molecule has 0 aromatic heterocycles. The number of methoxy groups -OCH3 is 1. The molecule has 0 N–H and O–H groups in total. The fourth-order valence-electron chi connectivity index (χ4n) is 2.04. The van der Waals surface area contributed by atoms with Crippen molar-refractivity contribution in [1.29, 1.82) is 0 Å². The average molecular weight is 337 g/mol. The first kappa shape index (κ1) is 16.4. The Bertz CT molecular complexity index is 786. The van der Waals surface area contributed by atoms with Gasteiger partial charge in [-0.05, 0) is 17.2 Å². The number of hydrogen-bond donors (Lipinski definition) is 0. The lowest BCUT2D eigenvalue weighted by Gasteiger charge is -2.08. The summed E-state index contributed by atoms with van der Waals surface area (Å²) < 4.78 is 4.64. The summed E-state index contributed by atoms with van der Waals surface area (Å²) in [6, 6.07) is 8.28. The first-order valence-corrected chi connectivity index (χ1v) is 6.54. The van der Waals surface area contributed by atoms with Crippen LogP contribution in [0, 0.1) is 20.2 Å². The van der Waals surface area contributed by atoms with E-state index in [2.05, 4.69) is 4.74 Å². The molecule has 2 aromatic rings. The van der Waals surface area contributed by atoms with Crippen molar-refractivity contribution in [1.82, 2.24) is 0 Å². The van der Waals surface area contributed by atoms with Crippen molar-refractivity contribution in [2.24, 2.45) is 0 Å². The van der Waals surface area contributed by atoms with Crippen molar-refractivity contribution < 1.29 is 19.4 Å². The van der Waals surface area contributed by atoms with Crippen LogP contribution in [0.15, 0.2) is 36.4 Å². The number of rotatable bonds is 4. The Hall–Kier alpha value is -3.00. The molecule has 9 heteroatoms. The van der Waals surface area contributed by atoms with Crippen LogP contribution in [-0.4, -0.2) is 22.9 Å². The Kier molecular flexibility index (Phi) is 4.56. The standard InChI is InChI=1S/C14H9ClN2O6/c1-23-14(18)10-5-3-2-4-9(10)8-6-11(16(19)20)13(15)12(7-8)17(21)22/h2-7H,1H3. The maximum Gasteiger partial charge on any atom is 0.338 e. The van der Waals surface area contributed by atoms with Crippen LogP contribution in [-0.2, 0) is 4.74 Å². The second-order valence-corrected chi connectivity index (χ2v) is 4.76. The van der Waals surface area contributed by atoms with Gasteiger partial charge in [0.2, 0.25) is 0 Å². The average Bonchev–Trinajstić information content (AvgIpc) is 2.53. The number of nitro benzene ring substituents is 2. The van der Waals surface area contributed by atoms with Crippen LogP contribution < -0.4 is 0 Å². The summed E-state index contributed by atoms with van der Waals surface area (Å²) in [5.74, 6) is -0.666. The molecule has 0 spiro atoms. The second-order valence-electron chi connectivity index (χ2n) is 4.38. The second kappa shape index (κ2) is 6.41. The van der Waals surface area contributed by atoms with Gasteiger partial charge in [0.1, 0.15) is 0 Å². The lowest BCUT2D eigenvalue weighted by molar-refractivity contribution is -0.393. The summed E-state index contributed by atoms with van der Waals surface area (Å²) in [5, 5.41) is 21.6. The predicted octanol–water partition coefficient (Wildman–Crippen LogP) is 3.61. The molecule has 2 aromatic carbocycles. The lowest BCUT2D eigenvalue weighted by atomic mass is 9.98. The minimum Gasteiger partial charge on any atom is -0.465 e. The third-order valence-corrected chi connectivity index (χ3v) is 3.46. The lowest BCUT2D eigenvalue weighted by Crippen LogP contribution is -2.04.